The zero-order valence-electron chi connectivity index (χ0n) is 16.5. The van der Waals surface area contributed by atoms with Crippen molar-refractivity contribution in [1.82, 2.24) is 10.2 Å². The fraction of sp³-hybridized carbons (Fsp3) is 0.526. The average molecular weight is 438 g/mol. The number of esters is 1. The molecule has 11 heteroatoms. The molecular weight excluding hydrogens is 416 g/mol. The van der Waals surface area contributed by atoms with Crippen molar-refractivity contribution in [2.24, 2.45) is 0 Å². The number of hydrogen-bond acceptors (Lipinski definition) is 8. The number of fused-ring (bicyclic) bond motifs is 1. The number of ether oxygens (including phenoxy) is 3. The zero-order chi connectivity index (χ0) is 21.6. The van der Waals surface area contributed by atoms with Gasteiger partial charge in [0, 0.05) is 18.0 Å². The van der Waals surface area contributed by atoms with Crippen LogP contribution in [0.1, 0.15) is 41.4 Å². The lowest BCUT2D eigenvalue weighted by molar-refractivity contribution is -0.145. The normalized spacial score (nSPS) is 27.0. The fourth-order valence-corrected chi connectivity index (χ4v) is 5.92. The minimum atomic E-state index is -3.16. The summed E-state index contributed by atoms with van der Waals surface area (Å²) in [5, 5.41) is 2.73. The highest BCUT2D eigenvalue weighted by Gasteiger charge is 2.48. The van der Waals surface area contributed by atoms with E-state index in [0.29, 0.717) is 17.7 Å². The third-order valence-corrected chi connectivity index (χ3v) is 7.42. The molecule has 3 heterocycles. The summed E-state index contributed by atoms with van der Waals surface area (Å²) in [4.78, 5) is 39.3. The molecular formula is C19H22N2O8S. The van der Waals surface area contributed by atoms with E-state index in [2.05, 4.69) is 5.32 Å². The molecule has 0 aromatic heterocycles. The second-order valence-corrected chi connectivity index (χ2v) is 9.72. The Bertz CT molecular complexity index is 1020. The van der Waals surface area contributed by atoms with Crippen LogP contribution in [0, 0.1) is 0 Å². The Hall–Kier alpha value is -2.82. The van der Waals surface area contributed by atoms with Crippen LogP contribution in [-0.2, 0) is 24.2 Å². The van der Waals surface area contributed by atoms with Gasteiger partial charge in [0.05, 0.1) is 25.7 Å². The number of rotatable bonds is 5. The molecule has 1 aromatic carbocycles. The second-order valence-electron chi connectivity index (χ2n) is 7.49. The van der Waals surface area contributed by atoms with Gasteiger partial charge in [0.1, 0.15) is 11.6 Å². The van der Waals surface area contributed by atoms with Gasteiger partial charge < -0.3 is 19.5 Å². The Morgan fingerprint density at radius 3 is 2.60 bits per heavy atom. The first-order valence-electron chi connectivity index (χ1n) is 9.53. The van der Waals surface area contributed by atoms with Crippen molar-refractivity contribution in [3.8, 4) is 11.5 Å². The van der Waals surface area contributed by atoms with Gasteiger partial charge in [-0.1, -0.05) is 0 Å². The van der Waals surface area contributed by atoms with Crippen molar-refractivity contribution < 1.29 is 37.0 Å². The lowest BCUT2D eigenvalue weighted by Gasteiger charge is -2.29. The molecule has 0 unspecified atom stereocenters. The maximum Gasteiger partial charge on any atom is 0.344 e. The van der Waals surface area contributed by atoms with Crippen molar-refractivity contribution in [2.75, 3.05) is 25.7 Å². The molecule has 2 fully saturated rings. The topological polar surface area (TPSA) is 128 Å². The predicted octanol–water partition coefficient (Wildman–Crippen LogP) is 0.167. The van der Waals surface area contributed by atoms with E-state index in [1.54, 1.807) is 12.1 Å². The highest BCUT2D eigenvalue weighted by molar-refractivity contribution is 7.91. The SMILES string of the molecule is COc1ccc2c(c1OC)C(=O)O[C@@H]2N1C(=O)CC[C@H]1C(=O)N[C@H]1CCS(=O)(=O)C1. The predicted molar refractivity (Wildman–Crippen MR) is 103 cm³/mol. The standard InChI is InChI=1S/C19H22N2O8S/c1-27-13-5-3-11-15(16(13)28-2)19(24)29-18(11)21-12(4-6-14(21)22)17(23)20-10-7-8-30(25,26)9-10/h3,5,10,12,18H,4,6-9H2,1-2H3,(H,20,23)/t10-,12-,18-/m0/s1. The van der Waals surface area contributed by atoms with Crippen LogP contribution in [0.2, 0.25) is 0 Å². The Kier molecular flexibility index (Phi) is 5.08. The number of methoxy groups -OCH3 is 2. The largest absolute Gasteiger partial charge is 0.493 e. The van der Waals surface area contributed by atoms with Crippen molar-refractivity contribution >= 4 is 27.6 Å². The molecule has 0 saturated carbocycles. The number of sulfone groups is 1. The number of cyclic esters (lactones) is 1. The van der Waals surface area contributed by atoms with Gasteiger partial charge in [0.2, 0.25) is 18.0 Å². The lowest BCUT2D eigenvalue weighted by Crippen LogP contribution is -2.49. The second kappa shape index (κ2) is 7.46. The Morgan fingerprint density at radius 2 is 1.97 bits per heavy atom. The van der Waals surface area contributed by atoms with Crippen LogP contribution in [0.25, 0.3) is 0 Å². The summed E-state index contributed by atoms with van der Waals surface area (Å²) in [6.45, 7) is 0. The Balaban J connectivity index is 1.61. The third-order valence-electron chi connectivity index (χ3n) is 5.66. The minimum Gasteiger partial charge on any atom is -0.493 e. The highest BCUT2D eigenvalue weighted by atomic mass is 32.2. The van der Waals surface area contributed by atoms with Crippen LogP contribution in [0.5, 0.6) is 11.5 Å². The van der Waals surface area contributed by atoms with E-state index in [-0.39, 0.29) is 41.6 Å². The fourth-order valence-electron chi connectivity index (χ4n) is 4.25. The zero-order valence-corrected chi connectivity index (χ0v) is 17.4. The van der Waals surface area contributed by atoms with Crippen LogP contribution >= 0.6 is 0 Å². The van der Waals surface area contributed by atoms with Crippen molar-refractivity contribution in [2.45, 2.75) is 37.6 Å². The summed E-state index contributed by atoms with van der Waals surface area (Å²) in [6, 6.07) is 1.86. The van der Waals surface area contributed by atoms with Gasteiger partial charge in [-0.25, -0.2) is 13.2 Å². The molecule has 3 aliphatic rings. The molecule has 0 radical (unpaired) electrons. The first-order chi connectivity index (χ1) is 14.3. The quantitative estimate of drug-likeness (QED) is 0.644. The summed E-state index contributed by atoms with van der Waals surface area (Å²) in [6.07, 6.45) is -0.351. The molecule has 2 amide bonds. The van der Waals surface area contributed by atoms with Crippen LogP contribution in [0.15, 0.2) is 12.1 Å². The molecule has 2 saturated heterocycles. The van der Waals surface area contributed by atoms with Crippen LogP contribution in [0.4, 0.5) is 0 Å². The Morgan fingerprint density at radius 1 is 1.20 bits per heavy atom. The minimum absolute atomic E-state index is 0.0283. The highest BCUT2D eigenvalue weighted by Crippen LogP contribution is 2.45. The third kappa shape index (κ3) is 3.36. The summed E-state index contributed by atoms with van der Waals surface area (Å²) in [5.74, 6) is -0.989. The van der Waals surface area contributed by atoms with Crippen LogP contribution in [0.3, 0.4) is 0 Å². The number of likely N-dealkylation sites (tertiary alicyclic amines) is 1. The molecule has 1 N–H and O–H groups in total. The monoisotopic (exact) mass is 438 g/mol. The van der Waals surface area contributed by atoms with Gasteiger partial charge in [0.25, 0.3) is 0 Å². The molecule has 0 aliphatic carbocycles. The van der Waals surface area contributed by atoms with E-state index in [9.17, 15) is 22.8 Å². The van der Waals surface area contributed by atoms with Crippen molar-refractivity contribution in [1.29, 1.82) is 0 Å². The number of hydrogen-bond donors (Lipinski definition) is 1. The van der Waals surface area contributed by atoms with Gasteiger partial charge in [0.15, 0.2) is 21.3 Å². The maximum atomic E-state index is 12.9. The van der Waals surface area contributed by atoms with Gasteiger partial charge in [-0.15, -0.1) is 0 Å². The lowest BCUT2D eigenvalue weighted by atomic mass is 10.0. The van der Waals surface area contributed by atoms with Crippen molar-refractivity contribution in [3.05, 3.63) is 23.3 Å². The number of amides is 2. The summed E-state index contributed by atoms with van der Waals surface area (Å²) in [7, 11) is -0.322. The van der Waals surface area contributed by atoms with Crippen LogP contribution < -0.4 is 14.8 Å². The Labute approximate surface area is 173 Å². The number of nitrogens with one attached hydrogen (secondary N) is 1. The van der Waals surface area contributed by atoms with Gasteiger partial charge in [-0.3, -0.25) is 14.5 Å². The van der Waals surface area contributed by atoms with Gasteiger partial charge in [-0.05, 0) is 25.0 Å². The summed E-state index contributed by atoms with van der Waals surface area (Å²) in [5.41, 5.74) is 0.566. The molecule has 0 bridgehead atoms. The maximum absolute atomic E-state index is 12.9. The number of nitrogens with zero attached hydrogens (tertiary/aromatic N) is 1. The summed E-state index contributed by atoms with van der Waals surface area (Å²) < 4.78 is 39.3. The average Bonchev–Trinajstić information content (AvgIpc) is 3.35. The molecule has 10 nitrogen and oxygen atoms in total. The molecule has 3 atom stereocenters. The number of carbonyl (C=O) groups is 3. The van der Waals surface area contributed by atoms with E-state index in [0.717, 1.165) is 0 Å². The van der Waals surface area contributed by atoms with Gasteiger partial charge in [-0.2, -0.15) is 0 Å². The molecule has 30 heavy (non-hydrogen) atoms. The molecule has 4 rings (SSSR count). The van der Waals surface area contributed by atoms with Gasteiger partial charge >= 0.3 is 5.97 Å². The first-order valence-corrected chi connectivity index (χ1v) is 11.4. The number of carbonyl (C=O) groups excluding carboxylic acids is 3. The van der Waals surface area contributed by atoms with E-state index >= 15 is 0 Å². The van der Waals surface area contributed by atoms with Crippen molar-refractivity contribution in [3.63, 3.8) is 0 Å². The first kappa shape index (κ1) is 20.5. The molecule has 1 aromatic rings. The smallest absolute Gasteiger partial charge is 0.344 e. The summed E-state index contributed by atoms with van der Waals surface area (Å²) >= 11 is 0. The number of benzene rings is 1. The molecule has 3 aliphatic heterocycles. The van der Waals surface area contributed by atoms with E-state index in [1.165, 1.54) is 19.1 Å². The van der Waals surface area contributed by atoms with E-state index in [1.807, 2.05) is 0 Å². The molecule has 0 spiro atoms. The van der Waals surface area contributed by atoms with E-state index in [4.69, 9.17) is 14.2 Å². The van der Waals surface area contributed by atoms with E-state index < -0.39 is 40.0 Å². The molecule has 162 valence electrons. The van der Waals surface area contributed by atoms with Crippen LogP contribution in [-0.4, -0.2) is 68.9 Å².